The topological polar surface area (TPSA) is 77.4 Å². The predicted molar refractivity (Wildman–Crippen MR) is 97.1 cm³/mol. The summed E-state index contributed by atoms with van der Waals surface area (Å²) >= 11 is 0. The van der Waals surface area contributed by atoms with Gasteiger partial charge in [0.2, 0.25) is 0 Å². The average molecular weight is 350 g/mol. The van der Waals surface area contributed by atoms with E-state index in [0.717, 1.165) is 5.56 Å². The summed E-state index contributed by atoms with van der Waals surface area (Å²) in [4.78, 5) is 27.9. The first-order chi connectivity index (χ1) is 12.8. The highest BCUT2D eigenvalue weighted by atomic mass is 16.5. The number of morpholine rings is 1. The SMILES string of the molecule is COC(=O)c1ccc2nc(-c3ccccc3)nc(N3CCOCC3)c2n1. The van der Waals surface area contributed by atoms with Gasteiger partial charge in [-0.25, -0.2) is 19.7 Å². The molecule has 1 fully saturated rings. The van der Waals surface area contributed by atoms with Gasteiger partial charge >= 0.3 is 5.97 Å². The third-order valence-corrected chi connectivity index (χ3v) is 4.26. The van der Waals surface area contributed by atoms with Gasteiger partial charge in [-0.05, 0) is 12.1 Å². The van der Waals surface area contributed by atoms with Crippen LogP contribution in [0.2, 0.25) is 0 Å². The van der Waals surface area contributed by atoms with Crippen molar-refractivity contribution < 1.29 is 14.3 Å². The highest BCUT2D eigenvalue weighted by Crippen LogP contribution is 2.27. The van der Waals surface area contributed by atoms with Crippen LogP contribution in [0.15, 0.2) is 42.5 Å². The van der Waals surface area contributed by atoms with Crippen LogP contribution in [0.5, 0.6) is 0 Å². The number of nitrogens with zero attached hydrogens (tertiary/aromatic N) is 4. The van der Waals surface area contributed by atoms with Crippen molar-refractivity contribution in [3.05, 3.63) is 48.2 Å². The molecule has 0 spiro atoms. The number of carbonyl (C=O) groups is 1. The molecular formula is C19H18N4O3. The molecule has 1 saturated heterocycles. The van der Waals surface area contributed by atoms with Gasteiger partial charge in [-0.2, -0.15) is 0 Å². The number of aromatic nitrogens is 3. The standard InChI is InChI=1S/C19H18N4O3/c1-25-19(24)15-8-7-14-16(20-15)18(23-9-11-26-12-10-23)22-17(21-14)13-5-3-2-4-6-13/h2-8H,9-12H2,1H3. The number of rotatable bonds is 3. The molecule has 0 N–H and O–H groups in total. The van der Waals surface area contributed by atoms with Gasteiger partial charge in [-0.15, -0.1) is 0 Å². The van der Waals surface area contributed by atoms with Crippen LogP contribution in [0.1, 0.15) is 10.5 Å². The van der Waals surface area contributed by atoms with Gasteiger partial charge in [0.25, 0.3) is 0 Å². The van der Waals surface area contributed by atoms with Crippen molar-refractivity contribution in [3.63, 3.8) is 0 Å². The number of benzene rings is 1. The largest absolute Gasteiger partial charge is 0.464 e. The zero-order chi connectivity index (χ0) is 17.9. The number of carbonyl (C=O) groups excluding carboxylic acids is 1. The van der Waals surface area contributed by atoms with E-state index in [4.69, 9.17) is 14.5 Å². The molecule has 4 rings (SSSR count). The Morgan fingerprint density at radius 3 is 2.54 bits per heavy atom. The Balaban J connectivity index is 1.90. The smallest absolute Gasteiger partial charge is 0.356 e. The lowest BCUT2D eigenvalue weighted by molar-refractivity contribution is 0.0594. The summed E-state index contributed by atoms with van der Waals surface area (Å²) in [6, 6.07) is 13.2. The zero-order valence-corrected chi connectivity index (χ0v) is 14.4. The van der Waals surface area contributed by atoms with Gasteiger partial charge in [0.05, 0.1) is 25.8 Å². The first-order valence-corrected chi connectivity index (χ1v) is 8.41. The minimum atomic E-state index is -0.480. The summed E-state index contributed by atoms with van der Waals surface area (Å²) in [6.45, 7) is 2.68. The van der Waals surface area contributed by atoms with Gasteiger partial charge in [0, 0.05) is 18.7 Å². The lowest BCUT2D eigenvalue weighted by atomic mass is 10.2. The third-order valence-electron chi connectivity index (χ3n) is 4.26. The second kappa shape index (κ2) is 7.05. The van der Waals surface area contributed by atoms with Gasteiger partial charge in [0.1, 0.15) is 11.2 Å². The van der Waals surface area contributed by atoms with E-state index < -0.39 is 5.97 Å². The van der Waals surface area contributed by atoms with Crippen molar-refractivity contribution in [2.75, 3.05) is 38.3 Å². The zero-order valence-electron chi connectivity index (χ0n) is 14.4. The molecule has 0 radical (unpaired) electrons. The lowest BCUT2D eigenvalue weighted by Gasteiger charge is -2.28. The summed E-state index contributed by atoms with van der Waals surface area (Å²) < 4.78 is 10.2. The maximum atomic E-state index is 11.9. The molecule has 0 unspecified atom stereocenters. The number of anilines is 1. The van der Waals surface area contributed by atoms with E-state index in [1.54, 1.807) is 12.1 Å². The Kier molecular flexibility index (Phi) is 4.45. The van der Waals surface area contributed by atoms with E-state index in [0.29, 0.717) is 49.0 Å². The molecule has 0 bridgehead atoms. The number of pyridine rings is 1. The Hall–Kier alpha value is -3.06. The maximum absolute atomic E-state index is 11.9. The van der Waals surface area contributed by atoms with Gasteiger partial charge in [-0.1, -0.05) is 30.3 Å². The molecular weight excluding hydrogens is 332 g/mol. The molecule has 1 aliphatic rings. The van der Waals surface area contributed by atoms with Crippen LogP contribution in [0.3, 0.4) is 0 Å². The van der Waals surface area contributed by atoms with Crippen LogP contribution < -0.4 is 4.90 Å². The van der Waals surface area contributed by atoms with E-state index in [-0.39, 0.29) is 5.69 Å². The Morgan fingerprint density at radius 2 is 1.81 bits per heavy atom. The first kappa shape index (κ1) is 16.4. The monoisotopic (exact) mass is 350 g/mol. The molecule has 0 atom stereocenters. The van der Waals surface area contributed by atoms with Crippen molar-refractivity contribution in [2.45, 2.75) is 0 Å². The van der Waals surface area contributed by atoms with Crippen molar-refractivity contribution >= 4 is 22.8 Å². The van der Waals surface area contributed by atoms with Gasteiger partial charge in [-0.3, -0.25) is 0 Å². The van der Waals surface area contributed by atoms with E-state index in [1.165, 1.54) is 7.11 Å². The van der Waals surface area contributed by atoms with E-state index in [1.807, 2.05) is 30.3 Å². The summed E-state index contributed by atoms with van der Waals surface area (Å²) in [6.07, 6.45) is 0. The molecule has 2 aromatic heterocycles. The molecule has 0 saturated carbocycles. The van der Waals surface area contributed by atoms with Crippen LogP contribution in [0.25, 0.3) is 22.4 Å². The number of hydrogen-bond acceptors (Lipinski definition) is 7. The summed E-state index contributed by atoms with van der Waals surface area (Å²) in [5.74, 6) is 0.863. The highest BCUT2D eigenvalue weighted by Gasteiger charge is 2.20. The highest BCUT2D eigenvalue weighted by molar-refractivity contribution is 5.93. The maximum Gasteiger partial charge on any atom is 0.356 e. The molecule has 1 aromatic carbocycles. The summed E-state index contributed by atoms with van der Waals surface area (Å²) in [5, 5.41) is 0. The minimum absolute atomic E-state index is 0.241. The number of ether oxygens (including phenoxy) is 2. The second-order valence-corrected chi connectivity index (χ2v) is 5.89. The average Bonchev–Trinajstić information content (AvgIpc) is 2.73. The van der Waals surface area contributed by atoms with Crippen molar-refractivity contribution in [1.29, 1.82) is 0 Å². The van der Waals surface area contributed by atoms with Crippen LogP contribution in [0, 0.1) is 0 Å². The van der Waals surface area contributed by atoms with Crippen LogP contribution >= 0.6 is 0 Å². The Bertz CT molecular complexity index is 940. The fourth-order valence-corrected chi connectivity index (χ4v) is 2.93. The van der Waals surface area contributed by atoms with Crippen molar-refractivity contribution in [2.24, 2.45) is 0 Å². The molecule has 3 aromatic rings. The van der Waals surface area contributed by atoms with Crippen LogP contribution in [0.4, 0.5) is 5.82 Å². The number of hydrogen-bond donors (Lipinski definition) is 0. The molecule has 132 valence electrons. The summed E-state index contributed by atoms with van der Waals surface area (Å²) in [5.41, 5.74) is 2.45. The molecule has 7 heteroatoms. The van der Waals surface area contributed by atoms with Crippen LogP contribution in [-0.2, 0) is 9.47 Å². The fourth-order valence-electron chi connectivity index (χ4n) is 2.93. The van der Waals surface area contributed by atoms with Gasteiger partial charge < -0.3 is 14.4 Å². The lowest BCUT2D eigenvalue weighted by Crippen LogP contribution is -2.37. The molecule has 0 amide bonds. The Labute approximate surface area is 150 Å². The third kappa shape index (κ3) is 3.09. The second-order valence-electron chi connectivity index (χ2n) is 5.89. The van der Waals surface area contributed by atoms with Crippen LogP contribution in [-0.4, -0.2) is 54.3 Å². The van der Waals surface area contributed by atoms with Gasteiger partial charge in [0.15, 0.2) is 11.6 Å². The normalized spacial score (nSPS) is 14.4. The first-order valence-electron chi connectivity index (χ1n) is 8.41. The molecule has 0 aliphatic carbocycles. The molecule has 1 aliphatic heterocycles. The minimum Gasteiger partial charge on any atom is -0.464 e. The summed E-state index contributed by atoms with van der Waals surface area (Å²) in [7, 11) is 1.34. The molecule has 3 heterocycles. The van der Waals surface area contributed by atoms with E-state index in [9.17, 15) is 4.79 Å². The van der Waals surface area contributed by atoms with E-state index >= 15 is 0 Å². The quantitative estimate of drug-likeness (QED) is 0.671. The van der Waals surface area contributed by atoms with E-state index in [2.05, 4.69) is 14.9 Å². The fraction of sp³-hybridized carbons (Fsp3) is 0.263. The molecule has 7 nitrogen and oxygen atoms in total. The number of esters is 1. The number of methoxy groups -OCH3 is 1. The number of fused-ring (bicyclic) bond motifs is 1. The molecule has 26 heavy (non-hydrogen) atoms. The van der Waals surface area contributed by atoms with Crippen molar-refractivity contribution in [3.8, 4) is 11.4 Å². The Morgan fingerprint density at radius 1 is 1.04 bits per heavy atom. The van der Waals surface area contributed by atoms with Crippen molar-refractivity contribution in [1.82, 2.24) is 15.0 Å². The predicted octanol–water partition coefficient (Wildman–Crippen LogP) is 2.31.